The quantitative estimate of drug-likeness (QED) is 0.635. The summed E-state index contributed by atoms with van der Waals surface area (Å²) in [6.07, 6.45) is 0.840. The van der Waals surface area contributed by atoms with E-state index < -0.39 is 0 Å². The van der Waals surface area contributed by atoms with Crippen LogP contribution in [0.25, 0.3) is 0 Å². The summed E-state index contributed by atoms with van der Waals surface area (Å²) < 4.78 is 6.50. The van der Waals surface area contributed by atoms with Crippen LogP contribution in [0.1, 0.15) is 16.8 Å². The average Bonchev–Trinajstić information content (AvgIpc) is 2.93. The first kappa shape index (κ1) is 13.4. The monoisotopic (exact) mass is 332 g/mol. The fraction of sp³-hybridized carbons (Fsp3) is 0.235. The van der Waals surface area contributed by atoms with Gasteiger partial charge in [0.2, 0.25) is 0 Å². The van der Waals surface area contributed by atoms with Crippen molar-refractivity contribution >= 4 is 25.4 Å². The van der Waals surface area contributed by atoms with Crippen molar-refractivity contribution in [1.29, 1.82) is 0 Å². The van der Waals surface area contributed by atoms with Gasteiger partial charge in [0.05, 0.1) is 0 Å². The van der Waals surface area contributed by atoms with Gasteiger partial charge in [0.25, 0.3) is 0 Å². The molecule has 1 aliphatic rings. The molecule has 0 aliphatic carbocycles. The normalized spacial score (nSPS) is 19.6. The molecule has 0 saturated carbocycles. The van der Waals surface area contributed by atoms with Crippen LogP contribution in [0.5, 0.6) is 0 Å². The topological polar surface area (TPSA) is 26.3 Å². The van der Waals surface area contributed by atoms with Gasteiger partial charge < -0.3 is 0 Å². The van der Waals surface area contributed by atoms with Crippen molar-refractivity contribution in [3.63, 3.8) is 0 Å². The molecule has 2 nitrogen and oxygen atoms in total. The molecule has 0 aromatic heterocycles. The second kappa shape index (κ2) is 6.25. The molecule has 0 N–H and O–H groups in total. The zero-order chi connectivity index (χ0) is 13.8. The second-order valence-corrected chi connectivity index (χ2v) is 7.37. The molecular formula is C17H16O2Se. The van der Waals surface area contributed by atoms with Crippen LogP contribution in [0.3, 0.4) is 0 Å². The molecule has 1 fully saturated rings. The van der Waals surface area contributed by atoms with Gasteiger partial charge >= 0.3 is 125 Å². The predicted molar refractivity (Wildman–Crippen MR) is 80.1 cm³/mol. The molecular weight excluding hydrogens is 315 g/mol. The van der Waals surface area contributed by atoms with Gasteiger partial charge in [-0.25, -0.2) is 0 Å². The van der Waals surface area contributed by atoms with Crippen LogP contribution in [-0.4, -0.2) is 27.5 Å². The molecule has 20 heavy (non-hydrogen) atoms. The van der Waals surface area contributed by atoms with E-state index in [2.05, 4.69) is 36.4 Å². The Hall–Kier alpha value is -1.57. The average molecular weight is 331 g/mol. The summed E-state index contributed by atoms with van der Waals surface area (Å²) in [7, 11) is 0. The molecule has 3 heteroatoms. The van der Waals surface area contributed by atoms with E-state index >= 15 is 0 Å². The number of cyclic esters (lactones) is 1. The summed E-state index contributed by atoms with van der Waals surface area (Å²) >= 11 is 0.233. The Morgan fingerprint density at radius 2 is 1.65 bits per heavy atom. The van der Waals surface area contributed by atoms with Gasteiger partial charge in [0.15, 0.2) is 0 Å². The minimum atomic E-state index is -0.0309. The van der Waals surface area contributed by atoms with Crippen LogP contribution < -0.4 is 4.46 Å². The number of esters is 1. The number of rotatable bonds is 4. The first-order chi connectivity index (χ1) is 9.84. The number of carbonyl (C=O) groups is 1. The third-order valence-corrected chi connectivity index (χ3v) is 6.41. The summed E-state index contributed by atoms with van der Waals surface area (Å²) in [5, 5.41) is 0. The Labute approximate surface area is 125 Å². The molecule has 0 radical (unpaired) electrons. The zero-order valence-corrected chi connectivity index (χ0v) is 12.8. The minimum absolute atomic E-state index is 0.0117. The van der Waals surface area contributed by atoms with Crippen molar-refractivity contribution in [2.24, 2.45) is 5.92 Å². The predicted octanol–water partition coefficient (Wildman–Crippen LogP) is 2.32. The molecule has 2 aromatic rings. The third kappa shape index (κ3) is 2.95. The molecule has 2 atom stereocenters. The fourth-order valence-corrected chi connectivity index (χ4v) is 5.21. The van der Waals surface area contributed by atoms with Crippen LogP contribution in [0.4, 0.5) is 0 Å². The van der Waals surface area contributed by atoms with Crippen LogP contribution in [0.15, 0.2) is 60.7 Å². The van der Waals surface area contributed by atoms with Crippen molar-refractivity contribution in [2.75, 3.05) is 6.61 Å². The van der Waals surface area contributed by atoms with Gasteiger partial charge in [0, 0.05) is 0 Å². The van der Waals surface area contributed by atoms with Gasteiger partial charge in [-0.15, -0.1) is 0 Å². The standard InChI is InChI=1S/C17H16O2Se/c18-17-15(11-12-19-17)16(13-7-3-1-4-8-13)20-14-9-5-2-6-10-14/h1-10,15-16H,11-12H2. The van der Waals surface area contributed by atoms with Crippen LogP contribution in [0.2, 0.25) is 0 Å². The molecule has 0 amide bonds. The van der Waals surface area contributed by atoms with Gasteiger partial charge in [0.1, 0.15) is 0 Å². The molecule has 0 bridgehead atoms. The maximum atomic E-state index is 12.0. The van der Waals surface area contributed by atoms with E-state index in [-0.39, 0.29) is 31.7 Å². The van der Waals surface area contributed by atoms with Crippen LogP contribution in [-0.2, 0) is 9.53 Å². The number of hydrogen-bond acceptors (Lipinski definition) is 2. The Morgan fingerprint density at radius 3 is 2.25 bits per heavy atom. The van der Waals surface area contributed by atoms with Crippen molar-refractivity contribution in [3.05, 3.63) is 66.2 Å². The molecule has 1 aliphatic heterocycles. The Balaban J connectivity index is 1.89. The second-order valence-electron chi connectivity index (χ2n) is 4.82. The first-order valence-electron chi connectivity index (χ1n) is 6.78. The van der Waals surface area contributed by atoms with E-state index in [1.807, 2.05) is 24.3 Å². The molecule has 1 heterocycles. The molecule has 1 saturated heterocycles. The van der Waals surface area contributed by atoms with E-state index in [0.717, 1.165) is 6.42 Å². The summed E-state index contributed by atoms with van der Waals surface area (Å²) in [5.41, 5.74) is 1.25. The van der Waals surface area contributed by atoms with E-state index in [1.54, 1.807) is 0 Å². The van der Waals surface area contributed by atoms with Crippen molar-refractivity contribution in [2.45, 2.75) is 11.2 Å². The Bertz CT molecular complexity index is 568. The van der Waals surface area contributed by atoms with Gasteiger partial charge in [-0.05, 0) is 0 Å². The van der Waals surface area contributed by atoms with Crippen LogP contribution in [0, 0.1) is 5.92 Å². The molecule has 0 spiro atoms. The van der Waals surface area contributed by atoms with E-state index in [4.69, 9.17) is 4.74 Å². The number of hydrogen-bond donors (Lipinski definition) is 0. The summed E-state index contributed by atoms with van der Waals surface area (Å²) in [6.45, 7) is 0.567. The molecule has 2 unspecified atom stereocenters. The van der Waals surface area contributed by atoms with E-state index in [1.165, 1.54) is 10.0 Å². The fourth-order valence-electron chi connectivity index (χ4n) is 2.46. The van der Waals surface area contributed by atoms with Crippen LogP contribution >= 0.6 is 0 Å². The Kier molecular flexibility index (Phi) is 4.19. The summed E-state index contributed by atoms with van der Waals surface area (Å²) in [6, 6.07) is 20.8. The first-order valence-corrected chi connectivity index (χ1v) is 8.62. The summed E-state index contributed by atoms with van der Waals surface area (Å²) in [4.78, 5) is 12.2. The molecule has 2 aromatic carbocycles. The van der Waals surface area contributed by atoms with E-state index in [9.17, 15) is 4.79 Å². The SMILES string of the molecule is O=C1OCCC1C([Se]c1ccccc1)c1ccccc1. The van der Waals surface area contributed by atoms with Crippen molar-refractivity contribution < 1.29 is 9.53 Å². The van der Waals surface area contributed by atoms with Gasteiger partial charge in [-0.1, -0.05) is 0 Å². The number of ether oxygens (including phenoxy) is 1. The number of benzene rings is 2. The zero-order valence-electron chi connectivity index (χ0n) is 11.1. The molecule has 102 valence electrons. The van der Waals surface area contributed by atoms with Crippen molar-refractivity contribution in [3.8, 4) is 0 Å². The van der Waals surface area contributed by atoms with Crippen molar-refractivity contribution in [1.82, 2.24) is 0 Å². The number of carbonyl (C=O) groups excluding carboxylic acids is 1. The van der Waals surface area contributed by atoms with Gasteiger partial charge in [-0.2, -0.15) is 0 Å². The third-order valence-electron chi connectivity index (χ3n) is 3.48. The Morgan fingerprint density at radius 1 is 1.00 bits per heavy atom. The summed E-state index contributed by atoms with van der Waals surface area (Å²) in [5.74, 6) is -0.0192. The van der Waals surface area contributed by atoms with E-state index in [0.29, 0.717) is 6.61 Å². The van der Waals surface area contributed by atoms with Gasteiger partial charge in [-0.3, -0.25) is 0 Å². The molecule has 3 rings (SSSR count). The maximum absolute atomic E-state index is 12.0.